The lowest BCUT2D eigenvalue weighted by Crippen LogP contribution is -1.99. The molecule has 2 radical (unpaired) electrons. The van der Waals surface area contributed by atoms with Crippen LogP contribution in [0.2, 0.25) is 0 Å². The van der Waals surface area contributed by atoms with Crippen molar-refractivity contribution in [2.24, 2.45) is 0 Å². The largest absolute Gasteiger partial charge is 0.269 e. The molecule has 0 saturated carbocycles. The molecule has 0 aliphatic rings. The van der Waals surface area contributed by atoms with Crippen LogP contribution in [-0.2, 0) is 0 Å². The van der Waals surface area contributed by atoms with Gasteiger partial charge in [-0.1, -0.05) is 29.7 Å². The van der Waals surface area contributed by atoms with Crippen molar-refractivity contribution >= 4 is 24.7 Å². The maximum absolute atomic E-state index is 11.0. The molecule has 0 aliphatic heterocycles. The second-order valence-electron chi connectivity index (χ2n) is 6.86. The number of hydrogen-bond donors (Lipinski definition) is 0. The summed E-state index contributed by atoms with van der Waals surface area (Å²) in [6.45, 7) is 0. The summed E-state index contributed by atoms with van der Waals surface area (Å²) in [6, 6.07) is 23.5. The minimum atomic E-state index is -0.454. The number of nitrogens with zero attached hydrogens (tertiary/aromatic N) is 3. The number of hydrogen-bond acceptors (Lipinski definition) is 5. The zero-order valence-corrected chi connectivity index (χ0v) is 16.1. The van der Waals surface area contributed by atoms with E-state index in [0.717, 1.165) is 11.1 Å². The van der Waals surface area contributed by atoms with E-state index < -0.39 is 9.85 Å². The average Bonchev–Trinajstić information content (AvgIpc) is 2.79. The van der Waals surface area contributed by atoms with E-state index in [2.05, 4.69) is 0 Å². The van der Waals surface area contributed by atoms with Gasteiger partial charge in [0.05, 0.1) is 21.2 Å². The first-order chi connectivity index (χ1) is 14.9. The van der Waals surface area contributed by atoms with E-state index in [1.807, 2.05) is 24.3 Å². The van der Waals surface area contributed by atoms with Gasteiger partial charge in [-0.05, 0) is 47.5 Å². The average molecular weight is 407 g/mol. The first-order valence-electron chi connectivity index (χ1n) is 9.28. The Morgan fingerprint density at radius 1 is 0.581 bits per heavy atom. The zero-order valence-electron chi connectivity index (χ0n) is 16.1. The van der Waals surface area contributed by atoms with Gasteiger partial charge in [0.25, 0.3) is 11.4 Å². The highest BCUT2D eigenvalue weighted by Crippen LogP contribution is 2.31. The Kier molecular flexibility index (Phi) is 5.28. The Morgan fingerprint density at radius 2 is 0.968 bits per heavy atom. The monoisotopic (exact) mass is 407 g/mol. The van der Waals surface area contributed by atoms with Gasteiger partial charge >= 0.3 is 0 Å². The molecule has 148 valence electrons. The van der Waals surface area contributed by atoms with Gasteiger partial charge in [0.2, 0.25) is 0 Å². The molecule has 0 unspecified atom stereocenters. The van der Waals surface area contributed by atoms with Gasteiger partial charge in [0, 0.05) is 35.4 Å². The van der Waals surface area contributed by atoms with Gasteiger partial charge in [-0.2, -0.15) is 0 Å². The van der Waals surface area contributed by atoms with Crippen molar-refractivity contribution in [3.8, 4) is 33.6 Å². The summed E-state index contributed by atoms with van der Waals surface area (Å²) < 4.78 is 0. The van der Waals surface area contributed by atoms with E-state index in [0.29, 0.717) is 28.0 Å². The van der Waals surface area contributed by atoms with Crippen LogP contribution in [0.4, 0.5) is 11.4 Å². The van der Waals surface area contributed by atoms with Crippen LogP contribution < -0.4 is 5.46 Å². The summed E-state index contributed by atoms with van der Waals surface area (Å²) in [5, 5.41) is 21.9. The number of nitro benzene ring substituents is 2. The van der Waals surface area contributed by atoms with Gasteiger partial charge in [0.15, 0.2) is 0 Å². The molecule has 7 nitrogen and oxygen atoms in total. The Balaban J connectivity index is 1.84. The fourth-order valence-corrected chi connectivity index (χ4v) is 3.18. The first-order valence-corrected chi connectivity index (χ1v) is 9.28. The van der Waals surface area contributed by atoms with E-state index in [-0.39, 0.29) is 11.4 Å². The lowest BCUT2D eigenvalue weighted by Gasteiger charge is -2.10. The number of nitro groups is 2. The van der Waals surface area contributed by atoms with Crippen molar-refractivity contribution in [1.29, 1.82) is 0 Å². The maximum Gasteiger partial charge on any atom is 0.269 e. The first kappa shape index (κ1) is 20.0. The molecule has 0 bridgehead atoms. The number of pyridine rings is 1. The van der Waals surface area contributed by atoms with Crippen molar-refractivity contribution in [1.82, 2.24) is 4.98 Å². The van der Waals surface area contributed by atoms with Crippen LogP contribution in [0.25, 0.3) is 33.6 Å². The summed E-state index contributed by atoms with van der Waals surface area (Å²) in [5.41, 5.74) is 5.10. The van der Waals surface area contributed by atoms with E-state index in [1.165, 1.54) is 24.3 Å². The summed E-state index contributed by atoms with van der Waals surface area (Å²) in [5.74, 6) is 0. The smallest absolute Gasteiger partial charge is 0.258 e. The predicted octanol–water partition coefficient (Wildman–Crippen LogP) is 4.69. The molecule has 3 aromatic carbocycles. The minimum absolute atomic E-state index is 0.00553. The molecular weight excluding hydrogens is 393 g/mol. The highest BCUT2D eigenvalue weighted by Gasteiger charge is 2.12. The van der Waals surface area contributed by atoms with Crippen molar-refractivity contribution < 1.29 is 9.85 Å². The lowest BCUT2D eigenvalue weighted by atomic mass is 9.93. The Labute approximate surface area is 178 Å². The molecule has 0 fully saturated rings. The second-order valence-corrected chi connectivity index (χ2v) is 6.86. The van der Waals surface area contributed by atoms with Gasteiger partial charge in [-0.25, -0.2) is 4.98 Å². The van der Waals surface area contributed by atoms with Crippen molar-refractivity contribution in [2.75, 3.05) is 0 Å². The molecule has 4 rings (SSSR count). The molecule has 1 aromatic heterocycles. The summed E-state index contributed by atoms with van der Waals surface area (Å²) >= 11 is 0. The standard InChI is InChI=1S/C23H14BN3O4/c24-19-7-1-15(2-8-19)18-13-22(16-3-9-20(10-4-16)26(28)29)25-23(14-18)17-5-11-21(12-6-17)27(30)31/h1-14H. The highest BCUT2D eigenvalue weighted by atomic mass is 16.6. The number of rotatable bonds is 5. The van der Waals surface area contributed by atoms with E-state index >= 15 is 0 Å². The lowest BCUT2D eigenvalue weighted by molar-refractivity contribution is -0.385. The van der Waals surface area contributed by atoms with Crippen molar-refractivity contribution in [2.45, 2.75) is 0 Å². The Bertz CT molecular complexity index is 1200. The van der Waals surface area contributed by atoms with Gasteiger partial charge in [-0.3, -0.25) is 20.2 Å². The molecule has 4 aromatic rings. The summed E-state index contributed by atoms with van der Waals surface area (Å²) in [6.07, 6.45) is 0. The zero-order chi connectivity index (χ0) is 22.0. The van der Waals surface area contributed by atoms with Gasteiger partial charge in [-0.15, -0.1) is 0 Å². The van der Waals surface area contributed by atoms with Crippen LogP contribution in [0.3, 0.4) is 0 Å². The molecular formula is C23H14BN3O4. The molecule has 8 heteroatoms. The number of aromatic nitrogens is 1. The quantitative estimate of drug-likeness (QED) is 0.271. The fourth-order valence-electron chi connectivity index (χ4n) is 3.18. The SMILES string of the molecule is [B]c1ccc(-c2cc(-c3ccc([N+](=O)[O-])cc3)nc(-c3ccc([N+](=O)[O-])cc3)c2)cc1. The van der Waals surface area contributed by atoms with E-state index in [4.69, 9.17) is 12.8 Å². The fraction of sp³-hybridized carbons (Fsp3) is 0. The van der Waals surface area contributed by atoms with Crippen LogP contribution in [-0.4, -0.2) is 22.7 Å². The highest BCUT2D eigenvalue weighted by molar-refractivity contribution is 6.32. The molecule has 31 heavy (non-hydrogen) atoms. The Morgan fingerprint density at radius 3 is 1.35 bits per heavy atom. The van der Waals surface area contributed by atoms with E-state index in [9.17, 15) is 20.2 Å². The molecule has 0 spiro atoms. The van der Waals surface area contributed by atoms with E-state index in [1.54, 1.807) is 36.4 Å². The minimum Gasteiger partial charge on any atom is -0.258 e. The molecule has 0 amide bonds. The third-order valence-electron chi connectivity index (χ3n) is 4.82. The molecule has 1 heterocycles. The van der Waals surface area contributed by atoms with Crippen LogP contribution >= 0.6 is 0 Å². The second kappa shape index (κ2) is 8.20. The van der Waals surface area contributed by atoms with Crippen LogP contribution in [0, 0.1) is 20.2 Å². The third kappa shape index (κ3) is 4.33. The van der Waals surface area contributed by atoms with Crippen LogP contribution in [0.5, 0.6) is 0 Å². The number of non-ortho nitro benzene ring substituents is 2. The maximum atomic E-state index is 11.0. The summed E-state index contributed by atoms with van der Waals surface area (Å²) in [4.78, 5) is 25.7. The normalized spacial score (nSPS) is 10.6. The van der Waals surface area contributed by atoms with Gasteiger partial charge < -0.3 is 0 Å². The summed E-state index contributed by atoms with van der Waals surface area (Å²) in [7, 11) is 5.80. The topological polar surface area (TPSA) is 99.2 Å². The van der Waals surface area contributed by atoms with Gasteiger partial charge in [0.1, 0.15) is 7.85 Å². The predicted molar refractivity (Wildman–Crippen MR) is 119 cm³/mol. The van der Waals surface area contributed by atoms with Crippen molar-refractivity contribution in [3.63, 3.8) is 0 Å². The van der Waals surface area contributed by atoms with Crippen molar-refractivity contribution in [3.05, 3.63) is 105 Å². The Hall–Kier alpha value is -4.33. The number of benzene rings is 3. The van der Waals surface area contributed by atoms with Crippen LogP contribution in [0.15, 0.2) is 84.9 Å². The molecule has 0 saturated heterocycles. The third-order valence-corrected chi connectivity index (χ3v) is 4.82. The molecule has 0 N–H and O–H groups in total. The van der Waals surface area contributed by atoms with Crippen LogP contribution in [0.1, 0.15) is 0 Å². The molecule has 0 atom stereocenters. The molecule has 0 aliphatic carbocycles.